The molecule has 2 aliphatic rings. The van der Waals surface area contributed by atoms with Gasteiger partial charge in [0.2, 0.25) is 11.8 Å². The number of hydrogen-bond acceptors (Lipinski definition) is 3. The standard InChI is InChI=1S/C19H22N4O2/c1-22-19(15-7-3-8-16(15)21-22)20-17(24)12-13-5-2-6-14(11-13)23-10-4-9-18(23)25/h2,5-6,11H,3-4,7-10,12H2,1H3,(H,20,24). The van der Waals surface area contributed by atoms with Gasteiger partial charge in [-0.15, -0.1) is 0 Å². The highest BCUT2D eigenvalue weighted by Gasteiger charge is 2.23. The number of carbonyl (C=O) groups excluding carboxylic acids is 2. The number of nitrogens with zero attached hydrogens (tertiary/aromatic N) is 3. The molecule has 6 nitrogen and oxygen atoms in total. The van der Waals surface area contributed by atoms with Gasteiger partial charge in [0, 0.05) is 31.3 Å². The molecule has 2 aromatic rings. The molecule has 0 spiro atoms. The molecule has 1 aliphatic heterocycles. The van der Waals surface area contributed by atoms with Gasteiger partial charge in [-0.05, 0) is 43.4 Å². The summed E-state index contributed by atoms with van der Waals surface area (Å²) in [5, 5.41) is 7.50. The Hall–Kier alpha value is -2.63. The van der Waals surface area contributed by atoms with Crippen LogP contribution in [0.25, 0.3) is 0 Å². The molecule has 1 saturated heterocycles. The van der Waals surface area contributed by atoms with Crippen LogP contribution in [0.5, 0.6) is 0 Å². The molecule has 2 heterocycles. The summed E-state index contributed by atoms with van der Waals surface area (Å²) in [4.78, 5) is 26.2. The first-order valence-corrected chi connectivity index (χ1v) is 8.86. The van der Waals surface area contributed by atoms with Crippen LogP contribution in [0, 0.1) is 0 Å². The monoisotopic (exact) mass is 338 g/mol. The Labute approximate surface area is 146 Å². The summed E-state index contributed by atoms with van der Waals surface area (Å²) in [5.41, 5.74) is 4.07. The van der Waals surface area contributed by atoms with Gasteiger partial charge in [0.1, 0.15) is 5.82 Å². The van der Waals surface area contributed by atoms with E-state index in [9.17, 15) is 9.59 Å². The molecule has 2 amide bonds. The second-order valence-corrected chi connectivity index (χ2v) is 6.79. The largest absolute Gasteiger partial charge is 0.312 e. The normalized spacial score (nSPS) is 16.4. The Morgan fingerprint density at radius 1 is 1.24 bits per heavy atom. The van der Waals surface area contributed by atoms with Crippen molar-refractivity contribution in [1.29, 1.82) is 0 Å². The summed E-state index contributed by atoms with van der Waals surface area (Å²) in [6.07, 6.45) is 4.87. The van der Waals surface area contributed by atoms with E-state index < -0.39 is 0 Å². The number of hydrogen-bond donors (Lipinski definition) is 1. The van der Waals surface area contributed by atoms with Gasteiger partial charge < -0.3 is 10.2 Å². The van der Waals surface area contributed by atoms with Crippen molar-refractivity contribution in [3.05, 3.63) is 41.1 Å². The first-order chi connectivity index (χ1) is 12.1. The zero-order valence-corrected chi connectivity index (χ0v) is 14.4. The minimum Gasteiger partial charge on any atom is -0.312 e. The molecular weight excluding hydrogens is 316 g/mol. The third-order valence-electron chi connectivity index (χ3n) is 4.99. The summed E-state index contributed by atoms with van der Waals surface area (Å²) in [6, 6.07) is 7.71. The highest BCUT2D eigenvalue weighted by Crippen LogP contribution is 2.28. The molecule has 0 saturated carbocycles. The van der Waals surface area contributed by atoms with Crippen LogP contribution in [-0.4, -0.2) is 28.1 Å². The summed E-state index contributed by atoms with van der Waals surface area (Å²) in [5.74, 6) is 0.929. The van der Waals surface area contributed by atoms with Crippen molar-refractivity contribution in [2.24, 2.45) is 7.05 Å². The van der Waals surface area contributed by atoms with E-state index in [1.807, 2.05) is 31.3 Å². The second kappa shape index (κ2) is 6.35. The van der Waals surface area contributed by atoms with E-state index in [-0.39, 0.29) is 18.2 Å². The Morgan fingerprint density at radius 2 is 2.12 bits per heavy atom. The fourth-order valence-corrected chi connectivity index (χ4v) is 3.79. The molecule has 130 valence electrons. The topological polar surface area (TPSA) is 67.2 Å². The van der Waals surface area contributed by atoms with Gasteiger partial charge in [-0.25, -0.2) is 0 Å². The van der Waals surface area contributed by atoms with Crippen molar-refractivity contribution in [3.63, 3.8) is 0 Å². The molecule has 25 heavy (non-hydrogen) atoms. The first kappa shape index (κ1) is 15.9. The predicted molar refractivity (Wildman–Crippen MR) is 95.6 cm³/mol. The zero-order valence-electron chi connectivity index (χ0n) is 14.4. The summed E-state index contributed by atoms with van der Waals surface area (Å²) in [7, 11) is 1.87. The Balaban J connectivity index is 1.47. The molecule has 6 heteroatoms. The van der Waals surface area contributed by atoms with Crippen LogP contribution in [-0.2, 0) is 35.9 Å². The van der Waals surface area contributed by atoms with Crippen LogP contribution in [0.3, 0.4) is 0 Å². The van der Waals surface area contributed by atoms with Crippen LogP contribution in [0.2, 0.25) is 0 Å². The number of aromatic nitrogens is 2. The van der Waals surface area contributed by atoms with Crippen molar-refractivity contribution in [3.8, 4) is 0 Å². The predicted octanol–water partition coefficient (Wildman–Crippen LogP) is 2.22. The highest BCUT2D eigenvalue weighted by molar-refractivity contribution is 5.96. The van der Waals surface area contributed by atoms with Crippen LogP contribution < -0.4 is 10.2 Å². The Kier molecular flexibility index (Phi) is 4.03. The summed E-state index contributed by atoms with van der Waals surface area (Å²) >= 11 is 0. The molecule has 1 aromatic heterocycles. The van der Waals surface area contributed by atoms with Crippen molar-refractivity contribution < 1.29 is 9.59 Å². The number of nitrogens with one attached hydrogen (secondary N) is 1. The van der Waals surface area contributed by atoms with Gasteiger partial charge in [0.15, 0.2) is 0 Å². The molecule has 4 rings (SSSR count). The van der Waals surface area contributed by atoms with Crippen molar-refractivity contribution in [1.82, 2.24) is 9.78 Å². The van der Waals surface area contributed by atoms with E-state index in [2.05, 4.69) is 10.4 Å². The fraction of sp³-hybridized carbons (Fsp3) is 0.421. The molecular formula is C19H22N4O2. The third-order valence-corrected chi connectivity index (χ3v) is 4.99. The van der Waals surface area contributed by atoms with E-state index in [0.29, 0.717) is 6.42 Å². The van der Waals surface area contributed by atoms with Gasteiger partial charge in [0.25, 0.3) is 0 Å². The first-order valence-electron chi connectivity index (χ1n) is 8.86. The number of benzene rings is 1. The van der Waals surface area contributed by atoms with Gasteiger partial charge in [-0.3, -0.25) is 14.3 Å². The summed E-state index contributed by atoms with van der Waals surface area (Å²) < 4.78 is 1.76. The van der Waals surface area contributed by atoms with Crippen LogP contribution in [0.4, 0.5) is 11.5 Å². The molecule has 0 atom stereocenters. The maximum atomic E-state index is 12.5. The SMILES string of the molecule is Cn1nc2c(c1NC(=O)Cc1cccc(N3CCCC3=O)c1)CCC2. The van der Waals surface area contributed by atoms with Gasteiger partial charge >= 0.3 is 0 Å². The minimum atomic E-state index is -0.0531. The molecule has 0 bridgehead atoms. The van der Waals surface area contributed by atoms with Crippen molar-refractivity contribution in [2.45, 2.75) is 38.5 Å². The van der Waals surface area contributed by atoms with Crippen molar-refractivity contribution in [2.75, 3.05) is 16.8 Å². The number of fused-ring (bicyclic) bond motifs is 1. The second-order valence-electron chi connectivity index (χ2n) is 6.79. The van der Waals surface area contributed by atoms with Crippen LogP contribution in [0.1, 0.15) is 36.1 Å². The fourth-order valence-electron chi connectivity index (χ4n) is 3.79. The average Bonchev–Trinajstić information content (AvgIpc) is 3.27. The van der Waals surface area contributed by atoms with Crippen LogP contribution >= 0.6 is 0 Å². The quantitative estimate of drug-likeness (QED) is 0.929. The lowest BCUT2D eigenvalue weighted by molar-refractivity contribution is -0.117. The molecule has 1 aliphatic carbocycles. The number of amides is 2. The lowest BCUT2D eigenvalue weighted by atomic mass is 10.1. The number of anilines is 2. The minimum absolute atomic E-state index is 0.0531. The van der Waals surface area contributed by atoms with Crippen LogP contribution in [0.15, 0.2) is 24.3 Å². The molecule has 1 N–H and O–H groups in total. The summed E-state index contributed by atoms with van der Waals surface area (Å²) in [6.45, 7) is 0.760. The third kappa shape index (κ3) is 3.04. The smallest absolute Gasteiger partial charge is 0.229 e. The Bertz CT molecular complexity index is 840. The molecule has 1 fully saturated rings. The lowest BCUT2D eigenvalue weighted by Crippen LogP contribution is -2.24. The maximum Gasteiger partial charge on any atom is 0.229 e. The lowest BCUT2D eigenvalue weighted by Gasteiger charge is -2.16. The van der Waals surface area contributed by atoms with Gasteiger partial charge in [-0.1, -0.05) is 12.1 Å². The number of carbonyl (C=O) groups is 2. The maximum absolute atomic E-state index is 12.5. The number of rotatable bonds is 4. The van der Waals surface area contributed by atoms with E-state index in [4.69, 9.17) is 0 Å². The zero-order chi connectivity index (χ0) is 17.4. The Morgan fingerprint density at radius 3 is 2.92 bits per heavy atom. The van der Waals surface area contributed by atoms with Gasteiger partial charge in [0.05, 0.1) is 12.1 Å². The average molecular weight is 338 g/mol. The van der Waals surface area contributed by atoms with Gasteiger partial charge in [-0.2, -0.15) is 5.10 Å². The number of aryl methyl sites for hydroxylation is 2. The van der Waals surface area contributed by atoms with E-state index in [1.54, 1.807) is 9.58 Å². The highest BCUT2D eigenvalue weighted by atomic mass is 16.2. The molecule has 1 aromatic carbocycles. The molecule has 0 unspecified atom stereocenters. The van der Waals surface area contributed by atoms with E-state index in [1.165, 1.54) is 5.56 Å². The van der Waals surface area contributed by atoms with E-state index in [0.717, 1.165) is 55.0 Å². The van der Waals surface area contributed by atoms with E-state index >= 15 is 0 Å². The molecule has 0 radical (unpaired) electrons. The van der Waals surface area contributed by atoms with Crippen molar-refractivity contribution >= 4 is 23.3 Å².